The van der Waals surface area contributed by atoms with Crippen molar-refractivity contribution in [3.63, 3.8) is 0 Å². The molecule has 1 N–H and O–H groups in total. The van der Waals surface area contributed by atoms with Crippen LogP contribution >= 0.6 is 0 Å². The summed E-state index contributed by atoms with van der Waals surface area (Å²) in [7, 11) is -1.25. The first-order chi connectivity index (χ1) is 9.88. The van der Waals surface area contributed by atoms with Gasteiger partial charge in [0.1, 0.15) is 5.82 Å². The Hall–Kier alpha value is -1.52. The van der Waals surface area contributed by atoms with E-state index in [2.05, 4.69) is 4.72 Å². The number of halogens is 1. The molecular weight excluding hydrogens is 285 g/mol. The molecule has 21 heavy (non-hydrogen) atoms. The maximum atomic E-state index is 13.5. The maximum absolute atomic E-state index is 13.5. The molecule has 0 aromatic heterocycles. The van der Waals surface area contributed by atoms with Crippen LogP contribution in [-0.4, -0.2) is 8.96 Å². The molecule has 2 atom stereocenters. The van der Waals surface area contributed by atoms with Gasteiger partial charge in [-0.2, -0.15) is 0 Å². The first-order valence-corrected chi connectivity index (χ1v) is 8.01. The normalized spacial score (nSPS) is 14.7. The summed E-state index contributed by atoms with van der Waals surface area (Å²) in [6.07, 6.45) is 0. The summed E-state index contributed by atoms with van der Waals surface area (Å²) < 4.78 is 28.7. The van der Waals surface area contributed by atoms with Gasteiger partial charge in [0.05, 0.1) is 21.8 Å². The minimum Gasteiger partial charge on any atom is -0.242 e. The van der Waals surface area contributed by atoms with Gasteiger partial charge in [-0.1, -0.05) is 42.5 Å². The molecule has 0 heterocycles. The quantitative estimate of drug-likeness (QED) is 0.910. The summed E-state index contributed by atoms with van der Waals surface area (Å²) in [6, 6.07) is 15.7. The highest BCUT2D eigenvalue weighted by atomic mass is 32.2. The van der Waals surface area contributed by atoms with E-state index in [-0.39, 0.29) is 16.6 Å². The Balaban J connectivity index is 2.38. The zero-order valence-electron chi connectivity index (χ0n) is 12.5. The van der Waals surface area contributed by atoms with Crippen molar-refractivity contribution < 1.29 is 8.60 Å². The Kier molecular flexibility index (Phi) is 4.91. The van der Waals surface area contributed by atoms with Crippen LogP contribution in [0.3, 0.4) is 0 Å². The highest BCUT2D eigenvalue weighted by molar-refractivity contribution is 7.84. The summed E-state index contributed by atoms with van der Waals surface area (Å²) in [4.78, 5) is 0. The Morgan fingerprint density at radius 3 is 2.19 bits per heavy atom. The van der Waals surface area contributed by atoms with Crippen molar-refractivity contribution in [3.8, 4) is 0 Å². The zero-order valence-corrected chi connectivity index (χ0v) is 13.3. The number of hydrogen-bond acceptors (Lipinski definition) is 1. The second kappa shape index (κ2) is 6.50. The molecule has 1 unspecified atom stereocenters. The third-order valence-electron chi connectivity index (χ3n) is 3.10. The topological polar surface area (TPSA) is 29.1 Å². The highest BCUT2D eigenvalue weighted by Crippen LogP contribution is 2.24. The number of nitrogens with one attached hydrogen (secondary N) is 1. The van der Waals surface area contributed by atoms with E-state index in [1.165, 1.54) is 12.1 Å². The van der Waals surface area contributed by atoms with Crippen LogP contribution in [0, 0.1) is 5.82 Å². The maximum Gasteiger partial charge on any atom is 0.123 e. The highest BCUT2D eigenvalue weighted by Gasteiger charge is 2.24. The van der Waals surface area contributed by atoms with E-state index < -0.39 is 11.0 Å². The van der Waals surface area contributed by atoms with Gasteiger partial charge in [-0.15, -0.1) is 0 Å². The fourth-order valence-corrected chi connectivity index (χ4v) is 2.78. The van der Waals surface area contributed by atoms with Crippen molar-refractivity contribution in [2.75, 3.05) is 0 Å². The van der Waals surface area contributed by atoms with Gasteiger partial charge in [0.2, 0.25) is 0 Å². The van der Waals surface area contributed by atoms with E-state index in [4.69, 9.17) is 0 Å². The van der Waals surface area contributed by atoms with Crippen LogP contribution in [-0.2, 0) is 11.0 Å². The van der Waals surface area contributed by atoms with Gasteiger partial charge in [0.25, 0.3) is 0 Å². The van der Waals surface area contributed by atoms with Crippen LogP contribution in [0.25, 0.3) is 0 Å². The summed E-state index contributed by atoms with van der Waals surface area (Å²) in [5, 5.41) is 0. The summed E-state index contributed by atoms with van der Waals surface area (Å²) >= 11 is 0. The second-order valence-electron chi connectivity index (χ2n) is 5.90. The lowest BCUT2D eigenvalue weighted by molar-refractivity contribution is 0.612. The number of hydrogen-bond donors (Lipinski definition) is 1. The molecule has 2 aromatic rings. The Labute approximate surface area is 128 Å². The van der Waals surface area contributed by atoms with Gasteiger partial charge >= 0.3 is 0 Å². The number of rotatable bonds is 4. The average Bonchev–Trinajstić information content (AvgIpc) is 2.44. The van der Waals surface area contributed by atoms with Crippen molar-refractivity contribution in [1.82, 2.24) is 4.72 Å². The third kappa shape index (κ3) is 4.22. The lowest BCUT2D eigenvalue weighted by atomic mass is 10.00. The minimum absolute atomic E-state index is 0.295. The lowest BCUT2D eigenvalue weighted by Gasteiger charge is -2.25. The molecule has 0 aliphatic heterocycles. The number of benzene rings is 2. The molecule has 0 radical (unpaired) electrons. The van der Waals surface area contributed by atoms with E-state index in [0.29, 0.717) is 0 Å². The zero-order chi connectivity index (χ0) is 15.5. The largest absolute Gasteiger partial charge is 0.242 e. The smallest absolute Gasteiger partial charge is 0.123 e. The summed E-state index contributed by atoms with van der Waals surface area (Å²) in [5.74, 6) is -0.295. The van der Waals surface area contributed by atoms with Crippen molar-refractivity contribution in [3.05, 3.63) is 71.5 Å². The molecule has 0 amide bonds. The molecule has 0 bridgehead atoms. The standard InChI is InChI=1S/C17H20FNOS/c1-17(2,3)21(20)19-16(13-8-5-4-6-9-13)14-10-7-11-15(18)12-14/h4-12,16,19H,1-3H3/t16-,21?/m1/s1. The molecule has 4 heteroatoms. The van der Waals surface area contributed by atoms with E-state index in [0.717, 1.165) is 11.1 Å². The Morgan fingerprint density at radius 1 is 1.00 bits per heavy atom. The van der Waals surface area contributed by atoms with Gasteiger partial charge in [-0.05, 0) is 44.0 Å². The van der Waals surface area contributed by atoms with Crippen LogP contribution < -0.4 is 4.72 Å². The molecular formula is C17H20FNOS. The van der Waals surface area contributed by atoms with Crippen molar-refractivity contribution in [2.45, 2.75) is 31.6 Å². The fourth-order valence-electron chi connectivity index (χ4n) is 1.94. The second-order valence-corrected chi connectivity index (χ2v) is 7.90. The predicted molar refractivity (Wildman–Crippen MR) is 85.7 cm³/mol. The van der Waals surface area contributed by atoms with Crippen LogP contribution in [0.15, 0.2) is 54.6 Å². The van der Waals surface area contributed by atoms with E-state index >= 15 is 0 Å². The van der Waals surface area contributed by atoms with Gasteiger partial charge < -0.3 is 0 Å². The molecule has 0 saturated heterocycles. The van der Waals surface area contributed by atoms with Gasteiger partial charge in [-0.25, -0.2) is 13.3 Å². The minimum atomic E-state index is -1.25. The van der Waals surface area contributed by atoms with E-state index in [1.54, 1.807) is 6.07 Å². The average molecular weight is 305 g/mol. The third-order valence-corrected chi connectivity index (χ3v) is 4.66. The molecule has 112 valence electrons. The summed E-state index contributed by atoms with van der Waals surface area (Å²) in [6.45, 7) is 5.72. The van der Waals surface area contributed by atoms with Crippen molar-refractivity contribution in [2.24, 2.45) is 0 Å². The van der Waals surface area contributed by atoms with Gasteiger partial charge in [-0.3, -0.25) is 0 Å². The van der Waals surface area contributed by atoms with Crippen molar-refractivity contribution >= 4 is 11.0 Å². The molecule has 2 nitrogen and oxygen atoms in total. The monoisotopic (exact) mass is 305 g/mol. The summed E-state index contributed by atoms with van der Waals surface area (Å²) in [5.41, 5.74) is 1.72. The van der Waals surface area contributed by atoms with E-state index in [9.17, 15) is 8.60 Å². The SMILES string of the molecule is CC(C)(C)S(=O)N[C@H](c1ccccc1)c1cccc(F)c1. The molecule has 0 aliphatic rings. The van der Waals surface area contributed by atoms with E-state index in [1.807, 2.05) is 57.2 Å². The molecule has 0 spiro atoms. The molecule has 2 aromatic carbocycles. The first-order valence-electron chi connectivity index (χ1n) is 6.86. The Bertz CT molecular complexity index is 622. The first kappa shape index (κ1) is 15.9. The molecule has 0 saturated carbocycles. The van der Waals surface area contributed by atoms with Gasteiger partial charge in [0.15, 0.2) is 0 Å². The van der Waals surface area contributed by atoms with Crippen LogP contribution in [0.5, 0.6) is 0 Å². The van der Waals surface area contributed by atoms with Crippen LogP contribution in [0.4, 0.5) is 4.39 Å². The molecule has 0 fully saturated rings. The van der Waals surface area contributed by atoms with Crippen LogP contribution in [0.2, 0.25) is 0 Å². The van der Waals surface area contributed by atoms with Gasteiger partial charge in [0, 0.05) is 0 Å². The van der Waals surface area contributed by atoms with Crippen LogP contribution in [0.1, 0.15) is 37.9 Å². The predicted octanol–water partition coefficient (Wildman–Crippen LogP) is 3.97. The van der Waals surface area contributed by atoms with Crippen molar-refractivity contribution in [1.29, 1.82) is 0 Å². The lowest BCUT2D eigenvalue weighted by Crippen LogP contribution is -2.36. The fraction of sp³-hybridized carbons (Fsp3) is 0.294. The Morgan fingerprint density at radius 2 is 1.62 bits per heavy atom. The molecule has 2 rings (SSSR count). The molecule has 0 aliphatic carbocycles.